The molecule has 1 N–H and O–H groups in total. The minimum Gasteiger partial charge on any atom is -0.481 e. The molecule has 0 heterocycles. The van der Waals surface area contributed by atoms with Crippen LogP contribution in [-0.2, 0) is 19.1 Å². The first kappa shape index (κ1) is 15.5. The normalized spacial score (nSPS) is 23.9. The molecule has 6 heteroatoms. The van der Waals surface area contributed by atoms with Crippen molar-refractivity contribution in [1.82, 2.24) is 4.90 Å². The Balaban J connectivity index is 2.85. The summed E-state index contributed by atoms with van der Waals surface area (Å²) in [6.07, 6.45) is 0. The van der Waals surface area contributed by atoms with Gasteiger partial charge in [-0.25, -0.2) is 0 Å². The molecule has 0 saturated heterocycles. The standard InChI is InChI=1S/C13H21NO5/c1-7(2)14(6-8(15)19-5)11(16)9-10(12(17)18)13(9,3)4/h7,9-10H,6H2,1-5H3,(H,17,18)/t9-,10+/m1/s1. The summed E-state index contributed by atoms with van der Waals surface area (Å²) in [4.78, 5) is 36.2. The predicted molar refractivity (Wildman–Crippen MR) is 67.3 cm³/mol. The Morgan fingerprint density at radius 3 is 2.11 bits per heavy atom. The van der Waals surface area contributed by atoms with E-state index in [1.807, 2.05) is 0 Å². The number of hydrogen-bond donors (Lipinski definition) is 1. The topological polar surface area (TPSA) is 83.9 Å². The van der Waals surface area contributed by atoms with Gasteiger partial charge in [-0.3, -0.25) is 14.4 Å². The average Bonchev–Trinajstić information content (AvgIpc) is 2.87. The predicted octanol–water partition coefficient (Wildman–Crippen LogP) is 0.753. The molecule has 1 aliphatic rings. The third-order valence-electron chi connectivity index (χ3n) is 3.79. The van der Waals surface area contributed by atoms with Gasteiger partial charge in [0.2, 0.25) is 5.91 Å². The van der Waals surface area contributed by atoms with E-state index < -0.39 is 29.2 Å². The zero-order valence-electron chi connectivity index (χ0n) is 12.0. The van der Waals surface area contributed by atoms with Crippen molar-refractivity contribution < 1.29 is 24.2 Å². The third kappa shape index (κ3) is 2.88. The second-order valence-electron chi connectivity index (χ2n) is 5.75. The van der Waals surface area contributed by atoms with Gasteiger partial charge in [-0.05, 0) is 19.3 Å². The van der Waals surface area contributed by atoms with Crippen LogP contribution in [0.15, 0.2) is 0 Å². The number of ether oxygens (including phenoxy) is 1. The monoisotopic (exact) mass is 271 g/mol. The quantitative estimate of drug-likeness (QED) is 0.746. The molecule has 0 spiro atoms. The maximum Gasteiger partial charge on any atom is 0.325 e. The summed E-state index contributed by atoms with van der Waals surface area (Å²) in [7, 11) is 1.26. The summed E-state index contributed by atoms with van der Waals surface area (Å²) >= 11 is 0. The number of carboxylic acids is 1. The lowest BCUT2D eigenvalue weighted by atomic mass is 10.1. The minimum absolute atomic E-state index is 0.147. The molecule has 108 valence electrons. The van der Waals surface area contributed by atoms with Gasteiger partial charge in [0.05, 0.1) is 18.9 Å². The van der Waals surface area contributed by atoms with Gasteiger partial charge in [-0.15, -0.1) is 0 Å². The molecule has 0 aromatic rings. The average molecular weight is 271 g/mol. The number of amides is 1. The van der Waals surface area contributed by atoms with Crippen LogP contribution in [0, 0.1) is 17.3 Å². The lowest BCUT2D eigenvalue weighted by Crippen LogP contribution is -2.42. The Hall–Kier alpha value is -1.59. The Kier molecular flexibility index (Phi) is 4.22. The molecule has 0 aromatic heterocycles. The van der Waals surface area contributed by atoms with Crippen LogP contribution in [0.3, 0.4) is 0 Å². The summed E-state index contributed by atoms with van der Waals surface area (Å²) < 4.78 is 4.56. The van der Waals surface area contributed by atoms with Gasteiger partial charge in [-0.2, -0.15) is 0 Å². The van der Waals surface area contributed by atoms with E-state index in [4.69, 9.17) is 5.11 Å². The molecule has 19 heavy (non-hydrogen) atoms. The second-order valence-corrected chi connectivity index (χ2v) is 5.75. The minimum atomic E-state index is -0.967. The fourth-order valence-corrected chi connectivity index (χ4v) is 2.46. The van der Waals surface area contributed by atoms with E-state index in [-0.39, 0.29) is 18.5 Å². The third-order valence-corrected chi connectivity index (χ3v) is 3.79. The van der Waals surface area contributed by atoms with E-state index in [0.717, 1.165) is 0 Å². The molecule has 6 nitrogen and oxygen atoms in total. The van der Waals surface area contributed by atoms with Crippen LogP contribution in [-0.4, -0.2) is 47.5 Å². The molecular formula is C13H21NO5. The van der Waals surface area contributed by atoms with Crippen molar-refractivity contribution in [3.05, 3.63) is 0 Å². The number of carbonyl (C=O) groups is 3. The highest BCUT2D eigenvalue weighted by Crippen LogP contribution is 2.59. The van der Waals surface area contributed by atoms with Crippen molar-refractivity contribution in [2.24, 2.45) is 17.3 Å². The molecule has 1 saturated carbocycles. The summed E-state index contributed by atoms with van der Waals surface area (Å²) in [6.45, 7) is 6.93. The van der Waals surface area contributed by atoms with Gasteiger partial charge in [0.15, 0.2) is 0 Å². The van der Waals surface area contributed by atoms with Crippen LogP contribution in [0.4, 0.5) is 0 Å². The summed E-state index contributed by atoms with van der Waals surface area (Å²) in [5.41, 5.74) is -0.563. The first-order valence-corrected chi connectivity index (χ1v) is 6.24. The number of aliphatic carboxylic acids is 1. The van der Waals surface area contributed by atoms with Crippen molar-refractivity contribution in [3.63, 3.8) is 0 Å². The van der Waals surface area contributed by atoms with E-state index in [1.165, 1.54) is 12.0 Å². The lowest BCUT2D eigenvalue weighted by Gasteiger charge is -2.26. The SMILES string of the molecule is COC(=O)CN(C(=O)[C@H]1[C@@H](C(=O)O)C1(C)C)C(C)C. The lowest BCUT2D eigenvalue weighted by molar-refractivity contribution is -0.149. The number of methoxy groups -OCH3 is 1. The zero-order chi connectivity index (χ0) is 15.0. The molecule has 0 bridgehead atoms. The Labute approximate surface area is 112 Å². The first-order valence-electron chi connectivity index (χ1n) is 6.24. The van der Waals surface area contributed by atoms with Crippen LogP contribution in [0.5, 0.6) is 0 Å². The van der Waals surface area contributed by atoms with Gasteiger partial charge < -0.3 is 14.7 Å². The number of carboxylic acid groups (broad SMARTS) is 1. The molecular weight excluding hydrogens is 250 g/mol. The number of rotatable bonds is 5. The fourth-order valence-electron chi connectivity index (χ4n) is 2.46. The highest BCUT2D eigenvalue weighted by molar-refractivity contribution is 5.93. The van der Waals surface area contributed by atoms with Gasteiger partial charge in [0.1, 0.15) is 6.54 Å². The summed E-state index contributed by atoms with van der Waals surface area (Å²) in [5, 5.41) is 9.09. The maximum absolute atomic E-state index is 12.4. The second kappa shape index (κ2) is 5.19. The molecule has 2 atom stereocenters. The van der Waals surface area contributed by atoms with Crippen molar-refractivity contribution >= 4 is 17.8 Å². The van der Waals surface area contributed by atoms with Gasteiger partial charge in [0.25, 0.3) is 0 Å². The highest BCUT2D eigenvalue weighted by Gasteiger charge is 2.66. The van der Waals surface area contributed by atoms with E-state index >= 15 is 0 Å². The van der Waals surface area contributed by atoms with Crippen LogP contribution >= 0.6 is 0 Å². The number of esters is 1. The van der Waals surface area contributed by atoms with Gasteiger partial charge in [0, 0.05) is 6.04 Å². The first-order chi connectivity index (χ1) is 8.64. The van der Waals surface area contributed by atoms with Crippen LogP contribution in [0.25, 0.3) is 0 Å². The smallest absolute Gasteiger partial charge is 0.325 e. The Morgan fingerprint density at radius 1 is 1.26 bits per heavy atom. The van der Waals surface area contributed by atoms with Crippen LogP contribution in [0.2, 0.25) is 0 Å². The molecule has 1 rings (SSSR count). The fraction of sp³-hybridized carbons (Fsp3) is 0.769. The van der Waals surface area contributed by atoms with Crippen LogP contribution < -0.4 is 0 Å². The molecule has 0 unspecified atom stereocenters. The Morgan fingerprint density at radius 2 is 1.79 bits per heavy atom. The Bertz CT molecular complexity index is 402. The van der Waals surface area contributed by atoms with Crippen molar-refractivity contribution in [2.45, 2.75) is 33.7 Å². The largest absolute Gasteiger partial charge is 0.481 e. The van der Waals surface area contributed by atoms with E-state index in [9.17, 15) is 14.4 Å². The summed E-state index contributed by atoms with van der Waals surface area (Å²) in [6, 6.07) is -0.183. The molecule has 0 aliphatic heterocycles. The van der Waals surface area contributed by atoms with Crippen molar-refractivity contribution in [3.8, 4) is 0 Å². The van der Waals surface area contributed by atoms with E-state index in [1.54, 1.807) is 27.7 Å². The molecule has 1 fully saturated rings. The molecule has 1 amide bonds. The summed E-state index contributed by atoms with van der Waals surface area (Å²) in [5.74, 6) is -3.02. The number of carbonyl (C=O) groups excluding carboxylic acids is 2. The van der Waals surface area contributed by atoms with Crippen molar-refractivity contribution in [2.75, 3.05) is 13.7 Å². The molecule has 0 radical (unpaired) electrons. The van der Waals surface area contributed by atoms with E-state index in [0.29, 0.717) is 0 Å². The number of nitrogens with zero attached hydrogens (tertiary/aromatic N) is 1. The molecule has 1 aliphatic carbocycles. The van der Waals surface area contributed by atoms with Gasteiger partial charge in [-0.1, -0.05) is 13.8 Å². The van der Waals surface area contributed by atoms with Crippen molar-refractivity contribution in [1.29, 1.82) is 0 Å². The zero-order valence-corrected chi connectivity index (χ0v) is 12.0. The highest BCUT2D eigenvalue weighted by atomic mass is 16.5. The van der Waals surface area contributed by atoms with Crippen LogP contribution in [0.1, 0.15) is 27.7 Å². The molecule has 0 aromatic carbocycles. The van der Waals surface area contributed by atoms with E-state index in [2.05, 4.69) is 4.74 Å². The maximum atomic E-state index is 12.4. The van der Waals surface area contributed by atoms with Gasteiger partial charge >= 0.3 is 11.9 Å². The number of hydrogen-bond acceptors (Lipinski definition) is 4.